The first-order chi connectivity index (χ1) is 16.3. The average molecular weight is 492 g/mol. The van der Waals surface area contributed by atoms with Crippen molar-refractivity contribution in [3.05, 3.63) is 65.5 Å². The monoisotopic (exact) mass is 491 g/mol. The van der Waals surface area contributed by atoms with Crippen LogP contribution in [0.5, 0.6) is 0 Å². The van der Waals surface area contributed by atoms with Crippen LogP contribution < -0.4 is 10.6 Å². The highest BCUT2D eigenvalue weighted by atomic mass is 32.2. The highest BCUT2D eigenvalue weighted by molar-refractivity contribution is 7.88. The number of carbonyl (C=O) groups is 2. The number of hydrogen-bond donors (Lipinski definition) is 2. The van der Waals surface area contributed by atoms with Gasteiger partial charge in [0.1, 0.15) is 5.82 Å². The molecule has 1 aliphatic heterocycles. The molecule has 2 aromatic carbocycles. The molecule has 0 spiro atoms. The zero-order chi connectivity index (χ0) is 24.6. The molecule has 2 aromatic rings. The molecule has 0 unspecified atom stereocenters. The van der Waals surface area contributed by atoms with Gasteiger partial charge in [0, 0.05) is 39.3 Å². The van der Waals surface area contributed by atoms with Gasteiger partial charge in [-0.15, -0.1) is 0 Å². The lowest BCUT2D eigenvalue weighted by Gasteiger charge is -2.30. The molecule has 0 aromatic heterocycles. The number of hydrogen-bond acceptors (Lipinski definition) is 5. The van der Waals surface area contributed by atoms with E-state index in [0.29, 0.717) is 49.2 Å². The van der Waals surface area contributed by atoms with E-state index in [0.717, 1.165) is 0 Å². The van der Waals surface area contributed by atoms with Crippen LogP contribution in [0.3, 0.4) is 0 Å². The Balaban J connectivity index is 1.55. The summed E-state index contributed by atoms with van der Waals surface area (Å²) >= 11 is 0. The number of rotatable bonds is 10. The number of amides is 2. The van der Waals surface area contributed by atoms with Crippen LogP contribution >= 0.6 is 0 Å². The van der Waals surface area contributed by atoms with Gasteiger partial charge in [-0.1, -0.05) is 24.3 Å². The second-order valence-electron chi connectivity index (χ2n) is 8.19. The first kappa shape index (κ1) is 25.8. The lowest BCUT2D eigenvalue weighted by atomic mass is 9.97. The molecule has 0 bridgehead atoms. The Kier molecular flexibility index (Phi) is 9.14. The third-order valence-electron chi connectivity index (χ3n) is 5.72. The van der Waals surface area contributed by atoms with Gasteiger partial charge in [-0.2, -0.15) is 0 Å². The normalized spacial score (nSPS) is 15.1. The molecule has 0 saturated carbocycles. The van der Waals surface area contributed by atoms with Crippen molar-refractivity contribution >= 4 is 27.5 Å². The summed E-state index contributed by atoms with van der Waals surface area (Å²) in [6, 6.07) is 12.2. The Hall–Kier alpha value is -2.82. The average Bonchev–Trinajstić information content (AvgIpc) is 2.83. The fourth-order valence-electron chi connectivity index (χ4n) is 3.82. The maximum Gasteiger partial charge on any atom is 0.253 e. The minimum Gasteiger partial charge on any atom is -0.385 e. The van der Waals surface area contributed by atoms with Crippen molar-refractivity contribution in [3.63, 3.8) is 0 Å². The van der Waals surface area contributed by atoms with Crippen LogP contribution in [-0.4, -0.2) is 57.9 Å². The van der Waals surface area contributed by atoms with Gasteiger partial charge in [0.15, 0.2) is 0 Å². The molecule has 8 nitrogen and oxygen atoms in total. The number of methoxy groups -OCH3 is 1. The number of benzene rings is 2. The quantitative estimate of drug-likeness (QED) is 0.498. The van der Waals surface area contributed by atoms with E-state index in [4.69, 9.17) is 4.74 Å². The summed E-state index contributed by atoms with van der Waals surface area (Å²) in [4.78, 5) is 25.4. The predicted molar refractivity (Wildman–Crippen MR) is 127 cm³/mol. The van der Waals surface area contributed by atoms with E-state index in [1.165, 1.54) is 28.6 Å². The number of piperidine rings is 1. The number of halogens is 1. The van der Waals surface area contributed by atoms with E-state index >= 15 is 0 Å². The molecule has 2 amide bonds. The zero-order valence-corrected chi connectivity index (χ0v) is 19.9. The minimum absolute atomic E-state index is 0.211. The van der Waals surface area contributed by atoms with Crippen LogP contribution in [0.15, 0.2) is 48.5 Å². The molecule has 1 heterocycles. The molecule has 1 saturated heterocycles. The molecule has 184 valence electrons. The lowest BCUT2D eigenvalue weighted by molar-refractivity contribution is -0.120. The molecule has 34 heavy (non-hydrogen) atoms. The van der Waals surface area contributed by atoms with Crippen molar-refractivity contribution < 1.29 is 27.1 Å². The Morgan fingerprint density at radius 1 is 1.09 bits per heavy atom. The Labute approximate surface area is 199 Å². The largest absolute Gasteiger partial charge is 0.385 e. The number of ether oxygens (including phenoxy) is 1. The number of sulfonamides is 1. The van der Waals surface area contributed by atoms with Crippen LogP contribution in [0.1, 0.15) is 35.2 Å². The van der Waals surface area contributed by atoms with Gasteiger partial charge in [-0.05, 0) is 49.1 Å². The number of para-hydroxylation sites is 1. The van der Waals surface area contributed by atoms with Crippen molar-refractivity contribution in [2.75, 3.05) is 38.7 Å². The van der Waals surface area contributed by atoms with Crippen molar-refractivity contribution in [3.8, 4) is 0 Å². The first-order valence-electron chi connectivity index (χ1n) is 11.2. The topological polar surface area (TPSA) is 105 Å². The lowest BCUT2D eigenvalue weighted by Crippen LogP contribution is -2.42. The van der Waals surface area contributed by atoms with Gasteiger partial charge in [0.2, 0.25) is 15.9 Å². The number of carbonyl (C=O) groups excluding carboxylic acids is 2. The number of nitrogens with one attached hydrogen (secondary N) is 2. The minimum atomic E-state index is -3.57. The van der Waals surface area contributed by atoms with Crippen LogP contribution in [0, 0.1) is 11.7 Å². The van der Waals surface area contributed by atoms with Crippen molar-refractivity contribution in [2.45, 2.75) is 25.0 Å². The second kappa shape index (κ2) is 12.0. The van der Waals surface area contributed by atoms with E-state index in [1.807, 2.05) is 0 Å². The summed E-state index contributed by atoms with van der Waals surface area (Å²) in [5, 5.41) is 5.64. The van der Waals surface area contributed by atoms with E-state index in [1.54, 1.807) is 31.4 Å². The van der Waals surface area contributed by atoms with Gasteiger partial charge >= 0.3 is 0 Å². The fraction of sp³-hybridized carbons (Fsp3) is 0.417. The zero-order valence-electron chi connectivity index (χ0n) is 19.1. The molecular weight excluding hydrogens is 461 g/mol. The molecule has 1 fully saturated rings. The third-order valence-corrected chi connectivity index (χ3v) is 7.57. The molecule has 0 atom stereocenters. The first-order valence-corrected chi connectivity index (χ1v) is 12.8. The van der Waals surface area contributed by atoms with Gasteiger partial charge in [0.25, 0.3) is 5.91 Å². The molecule has 10 heteroatoms. The smallest absolute Gasteiger partial charge is 0.253 e. The summed E-state index contributed by atoms with van der Waals surface area (Å²) in [6.45, 7) is 1.45. The number of anilines is 1. The Morgan fingerprint density at radius 2 is 1.76 bits per heavy atom. The van der Waals surface area contributed by atoms with E-state index in [-0.39, 0.29) is 36.6 Å². The Bertz CT molecular complexity index is 1080. The van der Waals surface area contributed by atoms with Gasteiger partial charge < -0.3 is 15.4 Å². The predicted octanol–water partition coefficient (Wildman–Crippen LogP) is 2.77. The summed E-state index contributed by atoms with van der Waals surface area (Å²) in [5.74, 6) is -1.52. The third kappa shape index (κ3) is 7.09. The molecule has 0 aliphatic carbocycles. The SMILES string of the molecule is COCCCNC(=O)c1ccccc1NC(=O)C1CCN(S(=O)(=O)Cc2ccc(F)cc2)CC1. The van der Waals surface area contributed by atoms with Gasteiger partial charge in [0.05, 0.1) is 17.0 Å². The molecule has 0 radical (unpaired) electrons. The van der Waals surface area contributed by atoms with Gasteiger partial charge in [-0.25, -0.2) is 17.1 Å². The van der Waals surface area contributed by atoms with Gasteiger partial charge in [-0.3, -0.25) is 9.59 Å². The van der Waals surface area contributed by atoms with Crippen LogP contribution in [0.2, 0.25) is 0 Å². The Morgan fingerprint density at radius 3 is 2.44 bits per heavy atom. The maximum absolute atomic E-state index is 13.1. The number of nitrogens with zero attached hydrogens (tertiary/aromatic N) is 1. The maximum atomic E-state index is 13.1. The van der Waals surface area contributed by atoms with E-state index in [9.17, 15) is 22.4 Å². The summed E-state index contributed by atoms with van der Waals surface area (Å²) in [5.41, 5.74) is 1.30. The summed E-state index contributed by atoms with van der Waals surface area (Å²) < 4.78 is 44.9. The fourth-order valence-corrected chi connectivity index (χ4v) is 5.38. The van der Waals surface area contributed by atoms with Crippen LogP contribution in [-0.2, 0) is 25.3 Å². The standard InChI is InChI=1S/C24H30FN3O5S/c1-33-16-4-13-26-24(30)21-5-2-3-6-22(21)27-23(29)19-11-14-28(15-12-19)34(31,32)17-18-7-9-20(25)10-8-18/h2-3,5-10,19H,4,11-17H2,1H3,(H,26,30)(H,27,29). The summed E-state index contributed by atoms with van der Waals surface area (Å²) in [7, 11) is -1.98. The molecular formula is C24H30FN3O5S. The van der Waals surface area contributed by atoms with E-state index in [2.05, 4.69) is 10.6 Å². The van der Waals surface area contributed by atoms with E-state index < -0.39 is 15.8 Å². The second-order valence-corrected chi connectivity index (χ2v) is 10.2. The molecule has 2 N–H and O–H groups in total. The highest BCUT2D eigenvalue weighted by Crippen LogP contribution is 2.24. The van der Waals surface area contributed by atoms with Crippen LogP contribution in [0.25, 0.3) is 0 Å². The van der Waals surface area contributed by atoms with Crippen LogP contribution in [0.4, 0.5) is 10.1 Å². The molecule has 1 aliphatic rings. The highest BCUT2D eigenvalue weighted by Gasteiger charge is 2.31. The van der Waals surface area contributed by atoms with Crippen molar-refractivity contribution in [1.29, 1.82) is 0 Å². The summed E-state index contributed by atoms with van der Waals surface area (Å²) in [6.07, 6.45) is 1.43. The van der Waals surface area contributed by atoms with Crippen molar-refractivity contribution in [1.82, 2.24) is 9.62 Å². The molecule has 3 rings (SSSR count). The van der Waals surface area contributed by atoms with Crippen molar-refractivity contribution in [2.24, 2.45) is 5.92 Å².